The van der Waals surface area contributed by atoms with E-state index in [9.17, 15) is 14.4 Å². The lowest BCUT2D eigenvalue weighted by Gasteiger charge is -2.18. The molecule has 6 nitrogen and oxygen atoms in total. The van der Waals surface area contributed by atoms with Crippen molar-refractivity contribution in [3.63, 3.8) is 0 Å². The molecule has 0 aliphatic heterocycles. The predicted octanol–water partition coefficient (Wildman–Crippen LogP) is 16.0. The first-order valence-corrected chi connectivity index (χ1v) is 24.8. The number of hydrogen-bond donors (Lipinski definition) is 0. The Labute approximate surface area is 353 Å². The molecule has 0 radical (unpaired) electrons. The second-order valence-corrected chi connectivity index (χ2v) is 16.7. The molecule has 6 heteroatoms. The van der Waals surface area contributed by atoms with Gasteiger partial charge in [0.1, 0.15) is 13.2 Å². The maximum Gasteiger partial charge on any atom is 0.306 e. The van der Waals surface area contributed by atoms with Gasteiger partial charge in [-0.3, -0.25) is 14.4 Å². The zero-order chi connectivity index (χ0) is 41.5. The van der Waals surface area contributed by atoms with Crippen molar-refractivity contribution in [2.45, 2.75) is 271 Å². The minimum Gasteiger partial charge on any atom is -0.462 e. The average molecular weight is 803 g/mol. The lowest BCUT2D eigenvalue weighted by atomic mass is 10.1. The van der Waals surface area contributed by atoms with E-state index in [1.54, 1.807) is 0 Å². The average Bonchev–Trinajstić information content (AvgIpc) is 3.21. The highest BCUT2D eigenvalue weighted by Crippen LogP contribution is 2.15. The number of rotatable bonds is 45. The molecule has 0 spiro atoms. The molecule has 334 valence electrons. The van der Waals surface area contributed by atoms with Crippen LogP contribution in [0.15, 0.2) is 24.3 Å². The molecule has 0 rings (SSSR count). The number of carbonyl (C=O) groups excluding carboxylic acids is 3. The second kappa shape index (κ2) is 46.6. The Bertz CT molecular complexity index is 927. The Morgan fingerprint density at radius 1 is 0.333 bits per heavy atom. The lowest BCUT2D eigenvalue weighted by molar-refractivity contribution is -0.167. The van der Waals surface area contributed by atoms with Gasteiger partial charge in [0.05, 0.1) is 0 Å². The van der Waals surface area contributed by atoms with Gasteiger partial charge in [0.25, 0.3) is 0 Å². The molecule has 0 heterocycles. The Morgan fingerprint density at radius 2 is 0.579 bits per heavy atom. The molecular formula is C51H94O6. The van der Waals surface area contributed by atoms with E-state index in [-0.39, 0.29) is 31.1 Å². The summed E-state index contributed by atoms with van der Waals surface area (Å²) in [5.74, 6) is -0.883. The van der Waals surface area contributed by atoms with Gasteiger partial charge >= 0.3 is 17.9 Å². The van der Waals surface area contributed by atoms with Crippen LogP contribution in [0, 0.1) is 0 Å². The SMILES string of the molecule is CCCCCC/C=C\CCCCCCCC(=O)OC[C@H](COC(=O)CCCCCCCCCCCCC)OC(=O)CCCCCCC/C=C\CCCCCCCC. The maximum absolute atomic E-state index is 12.8. The molecule has 0 fully saturated rings. The highest BCUT2D eigenvalue weighted by atomic mass is 16.6. The molecule has 0 bridgehead atoms. The summed E-state index contributed by atoms with van der Waals surface area (Å²) in [5, 5.41) is 0. The molecule has 0 N–H and O–H groups in total. The summed E-state index contributed by atoms with van der Waals surface area (Å²) in [6, 6.07) is 0. The van der Waals surface area contributed by atoms with Crippen molar-refractivity contribution in [2.75, 3.05) is 13.2 Å². The van der Waals surface area contributed by atoms with E-state index in [2.05, 4.69) is 45.1 Å². The van der Waals surface area contributed by atoms with E-state index >= 15 is 0 Å². The summed E-state index contributed by atoms with van der Waals surface area (Å²) in [5.41, 5.74) is 0. The van der Waals surface area contributed by atoms with Crippen LogP contribution in [0.25, 0.3) is 0 Å². The third kappa shape index (κ3) is 44.8. The lowest BCUT2D eigenvalue weighted by Crippen LogP contribution is -2.30. The first-order chi connectivity index (χ1) is 28.0. The molecule has 0 amide bonds. The highest BCUT2D eigenvalue weighted by molar-refractivity contribution is 5.71. The zero-order valence-corrected chi connectivity index (χ0v) is 38.1. The standard InChI is InChI=1S/C51H94O6/c1-4-7-10-13-16-19-22-24-25-27-30-33-36-39-42-45-51(54)57-48(46-55-49(52)43-40-37-34-31-28-21-18-15-12-9-6-3)47-56-50(53)44-41-38-35-32-29-26-23-20-17-14-11-8-5-2/h20,23-25,48H,4-19,21-22,26-47H2,1-3H3/b23-20-,25-24-/t48-/m0/s1. The van der Waals surface area contributed by atoms with Crippen LogP contribution in [0.4, 0.5) is 0 Å². The number of allylic oxidation sites excluding steroid dienone is 4. The van der Waals surface area contributed by atoms with Crippen molar-refractivity contribution in [1.82, 2.24) is 0 Å². The normalized spacial score (nSPS) is 12.1. The Morgan fingerprint density at radius 3 is 0.895 bits per heavy atom. The van der Waals surface area contributed by atoms with E-state index in [0.717, 1.165) is 70.6 Å². The Balaban J connectivity index is 4.37. The summed E-state index contributed by atoms with van der Waals surface area (Å²) in [6.45, 7) is 6.61. The number of hydrogen-bond acceptors (Lipinski definition) is 6. The number of esters is 3. The van der Waals surface area contributed by atoms with Gasteiger partial charge in [0.2, 0.25) is 0 Å². The van der Waals surface area contributed by atoms with Gasteiger partial charge in [0.15, 0.2) is 6.10 Å². The maximum atomic E-state index is 12.8. The fraction of sp³-hybridized carbons (Fsp3) is 0.863. The first-order valence-electron chi connectivity index (χ1n) is 24.8. The van der Waals surface area contributed by atoms with Crippen molar-refractivity contribution < 1.29 is 28.6 Å². The summed E-state index contributed by atoms with van der Waals surface area (Å²) in [7, 11) is 0. The zero-order valence-electron chi connectivity index (χ0n) is 38.1. The van der Waals surface area contributed by atoms with Crippen LogP contribution in [0.2, 0.25) is 0 Å². The van der Waals surface area contributed by atoms with E-state index in [1.807, 2.05) is 0 Å². The van der Waals surface area contributed by atoms with E-state index in [4.69, 9.17) is 14.2 Å². The largest absolute Gasteiger partial charge is 0.462 e. The van der Waals surface area contributed by atoms with E-state index in [1.165, 1.54) is 154 Å². The quantitative estimate of drug-likeness (QED) is 0.0264. The van der Waals surface area contributed by atoms with Crippen LogP contribution >= 0.6 is 0 Å². The van der Waals surface area contributed by atoms with Gasteiger partial charge in [-0.2, -0.15) is 0 Å². The minimum absolute atomic E-state index is 0.0740. The van der Waals surface area contributed by atoms with Crippen molar-refractivity contribution in [3.8, 4) is 0 Å². The molecule has 0 aliphatic carbocycles. The van der Waals surface area contributed by atoms with Crippen LogP contribution in [0.3, 0.4) is 0 Å². The molecule has 0 aliphatic rings. The van der Waals surface area contributed by atoms with Crippen molar-refractivity contribution in [2.24, 2.45) is 0 Å². The minimum atomic E-state index is -0.773. The first kappa shape index (κ1) is 54.9. The summed E-state index contributed by atoms with van der Waals surface area (Å²) in [6.07, 6.45) is 51.5. The summed E-state index contributed by atoms with van der Waals surface area (Å²) < 4.78 is 16.7. The number of unbranched alkanes of at least 4 members (excludes halogenated alkanes) is 30. The smallest absolute Gasteiger partial charge is 0.306 e. The van der Waals surface area contributed by atoms with Crippen LogP contribution in [0.1, 0.15) is 265 Å². The van der Waals surface area contributed by atoms with E-state index < -0.39 is 6.10 Å². The highest BCUT2D eigenvalue weighted by Gasteiger charge is 2.19. The van der Waals surface area contributed by atoms with Crippen molar-refractivity contribution >= 4 is 17.9 Å². The monoisotopic (exact) mass is 803 g/mol. The topological polar surface area (TPSA) is 78.9 Å². The van der Waals surface area contributed by atoms with Crippen LogP contribution < -0.4 is 0 Å². The third-order valence-electron chi connectivity index (χ3n) is 10.9. The van der Waals surface area contributed by atoms with Crippen LogP contribution in [-0.2, 0) is 28.6 Å². The Hall–Kier alpha value is -2.11. The van der Waals surface area contributed by atoms with Gasteiger partial charge in [-0.25, -0.2) is 0 Å². The predicted molar refractivity (Wildman–Crippen MR) is 243 cm³/mol. The van der Waals surface area contributed by atoms with Crippen molar-refractivity contribution in [3.05, 3.63) is 24.3 Å². The molecule has 57 heavy (non-hydrogen) atoms. The van der Waals surface area contributed by atoms with Crippen LogP contribution in [-0.4, -0.2) is 37.2 Å². The van der Waals surface area contributed by atoms with Crippen molar-refractivity contribution in [1.29, 1.82) is 0 Å². The Kier molecular flexibility index (Phi) is 44.9. The van der Waals surface area contributed by atoms with Gasteiger partial charge < -0.3 is 14.2 Å². The second-order valence-electron chi connectivity index (χ2n) is 16.7. The molecule has 0 aromatic heterocycles. The fourth-order valence-electron chi connectivity index (χ4n) is 7.14. The number of ether oxygens (including phenoxy) is 3. The molecular weight excluding hydrogens is 709 g/mol. The van der Waals surface area contributed by atoms with Gasteiger partial charge in [-0.05, 0) is 70.6 Å². The van der Waals surface area contributed by atoms with Gasteiger partial charge in [0, 0.05) is 19.3 Å². The molecule has 0 saturated carbocycles. The van der Waals surface area contributed by atoms with E-state index in [0.29, 0.717) is 19.3 Å². The molecule has 1 atom stereocenters. The fourth-order valence-corrected chi connectivity index (χ4v) is 7.14. The molecule has 0 saturated heterocycles. The molecule has 0 unspecified atom stereocenters. The van der Waals surface area contributed by atoms with Gasteiger partial charge in [-0.15, -0.1) is 0 Å². The molecule has 0 aromatic carbocycles. The number of carbonyl (C=O) groups is 3. The van der Waals surface area contributed by atoms with Gasteiger partial charge in [-0.1, -0.05) is 199 Å². The third-order valence-corrected chi connectivity index (χ3v) is 10.9. The summed E-state index contributed by atoms with van der Waals surface area (Å²) in [4.78, 5) is 37.8. The molecule has 0 aromatic rings. The van der Waals surface area contributed by atoms with Crippen LogP contribution in [0.5, 0.6) is 0 Å². The summed E-state index contributed by atoms with van der Waals surface area (Å²) >= 11 is 0.